The Balaban J connectivity index is 2.24. The van der Waals surface area contributed by atoms with Crippen molar-refractivity contribution in [1.29, 1.82) is 0 Å². The van der Waals surface area contributed by atoms with E-state index in [4.69, 9.17) is 14.3 Å². The van der Waals surface area contributed by atoms with E-state index in [1.165, 1.54) is 6.42 Å². The predicted molar refractivity (Wildman–Crippen MR) is 72.8 cm³/mol. The summed E-state index contributed by atoms with van der Waals surface area (Å²) in [6, 6.07) is 3.94. The van der Waals surface area contributed by atoms with Crippen LogP contribution < -0.4 is 15.0 Å². The molecular weight excluding hydrogens is 298 g/mol. The van der Waals surface area contributed by atoms with Gasteiger partial charge in [0.2, 0.25) is 0 Å². The molecule has 1 aliphatic rings. The highest BCUT2D eigenvalue weighted by Crippen LogP contribution is 2.37. The SMILES string of the molecule is CONCc1cc(Br)cc(OC)c1OC1CCC1. The van der Waals surface area contributed by atoms with Crippen LogP contribution in [0.5, 0.6) is 11.5 Å². The van der Waals surface area contributed by atoms with Crippen molar-refractivity contribution in [3.63, 3.8) is 0 Å². The Morgan fingerprint density at radius 1 is 1.33 bits per heavy atom. The van der Waals surface area contributed by atoms with Crippen molar-refractivity contribution in [3.8, 4) is 11.5 Å². The topological polar surface area (TPSA) is 39.7 Å². The van der Waals surface area contributed by atoms with Crippen LogP contribution in [-0.2, 0) is 11.4 Å². The van der Waals surface area contributed by atoms with E-state index in [-0.39, 0.29) is 0 Å². The van der Waals surface area contributed by atoms with Crippen molar-refractivity contribution in [2.24, 2.45) is 0 Å². The first-order chi connectivity index (χ1) is 8.74. The fourth-order valence-corrected chi connectivity index (χ4v) is 2.33. The number of methoxy groups -OCH3 is 1. The Hall–Kier alpha value is -0.780. The molecule has 0 amide bonds. The molecule has 0 aromatic heterocycles. The van der Waals surface area contributed by atoms with Gasteiger partial charge < -0.3 is 14.3 Å². The molecule has 5 heteroatoms. The van der Waals surface area contributed by atoms with Gasteiger partial charge in [0.1, 0.15) is 0 Å². The number of hydrogen-bond acceptors (Lipinski definition) is 4. The molecule has 100 valence electrons. The van der Waals surface area contributed by atoms with Gasteiger partial charge in [-0.2, -0.15) is 5.48 Å². The van der Waals surface area contributed by atoms with E-state index in [2.05, 4.69) is 21.4 Å². The van der Waals surface area contributed by atoms with Crippen LogP contribution in [0.4, 0.5) is 0 Å². The van der Waals surface area contributed by atoms with E-state index < -0.39 is 0 Å². The molecule has 0 unspecified atom stereocenters. The molecule has 0 aliphatic heterocycles. The molecule has 0 radical (unpaired) electrons. The van der Waals surface area contributed by atoms with E-state index in [0.29, 0.717) is 12.6 Å². The Morgan fingerprint density at radius 3 is 2.67 bits per heavy atom. The maximum absolute atomic E-state index is 6.01. The summed E-state index contributed by atoms with van der Waals surface area (Å²) in [5.74, 6) is 1.57. The monoisotopic (exact) mass is 315 g/mol. The minimum atomic E-state index is 0.321. The van der Waals surface area contributed by atoms with Gasteiger partial charge in [0.25, 0.3) is 0 Å². The molecule has 1 aliphatic carbocycles. The molecule has 4 nitrogen and oxygen atoms in total. The maximum Gasteiger partial charge on any atom is 0.166 e. The largest absolute Gasteiger partial charge is 0.493 e. The molecule has 1 aromatic rings. The van der Waals surface area contributed by atoms with Crippen LogP contribution in [0.1, 0.15) is 24.8 Å². The second-order valence-electron chi connectivity index (χ2n) is 4.29. The first-order valence-electron chi connectivity index (χ1n) is 6.03. The lowest BCUT2D eigenvalue weighted by atomic mass is 9.96. The Morgan fingerprint density at radius 2 is 2.11 bits per heavy atom. The number of rotatable bonds is 6. The molecule has 1 aromatic carbocycles. The van der Waals surface area contributed by atoms with Crippen LogP contribution in [-0.4, -0.2) is 20.3 Å². The van der Waals surface area contributed by atoms with E-state index in [0.717, 1.165) is 34.4 Å². The summed E-state index contributed by atoms with van der Waals surface area (Å²) in [5, 5.41) is 0. The number of halogens is 1. The summed E-state index contributed by atoms with van der Waals surface area (Å²) < 4.78 is 12.4. The van der Waals surface area contributed by atoms with E-state index in [1.54, 1.807) is 14.2 Å². The highest BCUT2D eigenvalue weighted by Gasteiger charge is 2.23. The quantitative estimate of drug-likeness (QED) is 0.819. The van der Waals surface area contributed by atoms with Crippen molar-refractivity contribution in [2.75, 3.05) is 14.2 Å². The minimum absolute atomic E-state index is 0.321. The fraction of sp³-hybridized carbons (Fsp3) is 0.538. The number of benzene rings is 1. The molecular formula is C13H18BrNO3. The smallest absolute Gasteiger partial charge is 0.166 e. The highest BCUT2D eigenvalue weighted by molar-refractivity contribution is 9.10. The zero-order chi connectivity index (χ0) is 13.0. The molecule has 0 atom stereocenters. The van der Waals surface area contributed by atoms with E-state index in [1.807, 2.05) is 12.1 Å². The molecule has 1 fully saturated rings. The van der Waals surface area contributed by atoms with Crippen LogP contribution in [0.2, 0.25) is 0 Å². The summed E-state index contributed by atoms with van der Waals surface area (Å²) in [7, 11) is 3.25. The van der Waals surface area contributed by atoms with Crippen LogP contribution in [0.3, 0.4) is 0 Å². The Bertz CT molecular complexity index is 407. The number of nitrogens with one attached hydrogen (secondary N) is 1. The molecule has 0 heterocycles. The summed E-state index contributed by atoms with van der Waals surface area (Å²) in [6.07, 6.45) is 3.81. The van der Waals surface area contributed by atoms with E-state index >= 15 is 0 Å². The third kappa shape index (κ3) is 3.16. The summed E-state index contributed by atoms with van der Waals surface area (Å²) in [6.45, 7) is 0.578. The van der Waals surface area contributed by atoms with Crippen molar-refractivity contribution in [1.82, 2.24) is 5.48 Å². The second kappa shape index (κ2) is 6.41. The molecule has 0 spiro atoms. The first kappa shape index (κ1) is 13.6. The van der Waals surface area contributed by atoms with Gasteiger partial charge in [-0.15, -0.1) is 0 Å². The molecule has 1 saturated carbocycles. The standard InChI is InChI=1S/C13H18BrNO3/c1-16-12-7-10(14)6-9(8-15-17-2)13(12)18-11-4-3-5-11/h6-7,11,15H,3-5,8H2,1-2H3. The lowest BCUT2D eigenvalue weighted by Crippen LogP contribution is -2.25. The Labute approximate surface area is 116 Å². The van der Waals surface area contributed by atoms with Crippen LogP contribution in [0.15, 0.2) is 16.6 Å². The maximum atomic E-state index is 6.01. The zero-order valence-electron chi connectivity index (χ0n) is 10.7. The van der Waals surface area contributed by atoms with Crippen molar-refractivity contribution in [2.45, 2.75) is 31.9 Å². The highest BCUT2D eigenvalue weighted by atomic mass is 79.9. The van der Waals surface area contributed by atoms with Gasteiger partial charge in [0.05, 0.1) is 20.3 Å². The summed E-state index contributed by atoms with van der Waals surface area (Å²) in [5.41, 5.74) is 3.86. The second-order valence-corrected chi connectivity index (χ2v) is 5.21. The number of ether oxygens (including phenoxy) is 2. The fourth-order valence-electron chi connectivity index (χ4n) is 1.84. The van der Waals surface area contributed by atoms with Crippen LogP contribution >= 0.6 is 15.9 Å². The molecule has 0 saturated heterocycles. The van der Waals surface area contributed by atoms with Gasteiger partial charge in [-0.1, -0.05) is 15.9 Å². The first-order valence-corrected chi connectivity index (χ1v) is 6.82. The molecule has 0 bridgehead atoms. The third-order valence-corrected chi connectivity index (χ3v) is 3.52. The van der Waals surface area contributed by atoms with Crippen LogP contribution in [0, 0.1) is 0 Å². The van der Waals surface area contributed by atoms with Crippen molar-refractivity contribution < 1.29 is 14.3 Å². The predicted octanol–water partition coefficient (Wildman–Crippen LogP) is 3.04. The molecule has 18 heavy (non-hydrogen) atoms. The summed E-state index contributed by atoms with van der Waals surface area (Å²) >= 11 is 3.47. The summed E-state index contributed by atoms with van der Waals surface area (Å²) in [4.78, 5) is 4.90. The van der Waals surface area contributed by atoms with E-state index in [9.17, 15) is 0 Å². The van der Waals surface area contributed by atoms with Gasteiger partial charge in [-0.05, 0) is 31.4 Å². The molecule has 1 N–H and O–H groups in total. The lowest BCUT2D eigenvalue weighted by molar-refractivity contribution is 0.0822. The van der Waals surface area contributed by atoms with Gasteiger partial charge >= 0.3 is 0 Å². The number of hydrogen-bond donors (Lipinski definition) is 1. The Kier molecular flexibility index (Phi) is 4.86. The average Bonchev–Trinajstić information content (AvgIpc) is 2.31. The van der Waals surface area contributed by atoms with Gasteiger partial charge in [-0.3, -0.25) is 0 Å². The average molecular weight is 316 g/mol. The number of hydroxylamine groups is 1. The van der Waals surface area contributed by atoms with Crippen molar-refractivity contribution >= 4 is 15.9 Å². The third-order valence-electron chi connectivity index (χ3n) is 3.06. The van der Waals surface area contributed by atoms with Gasteiger partial charge in [0, 0.05) is 16.6 Å². The van der Waals surface area contributed by atoms with Gasteiger partial charge in [0.15, 0.2) is 11.5 Å². The van der Waals surface area contributed by atoms with Gasteiger partial charge in [-0.25, -0.2) is 0 Å². The van der Waals surface area contributed by atoms with Crippen LogP contribution in [0.25, 0.3) is 0 Å². The minimum Gasteiger partial charge on any atom is -0.493 e. The lowest BCUT2D eigenvalue weighted by Gasteiger charge is -2.28. The molecule has 2 rings (SSSR count). The zero-order valence-corrected chi connectivity index (χ0v) is 12.2. The van der Waals surface area contributed by atoms with Crippen molar-refractivity contribution in [3.05, 3.63) is 22.2 Å². The normalized spacial score (nSPS) is 15.3.